The first-order valence-corrected chi connectivity index (χ1v) is 5.78. The van der Waals surface area contributed by atoms with E-state index in [2.05, 4.69) is 23.5 Å². The second-order valence-electron chi connectivity index (χ2n) is 4.28. The highest BCUT2D eigenvalue weighted by Gasteiger charge is 2.10. The van der Waals surface area contributed by atoms with Gasteiger partial charge in [0.05, 0.1) is 5.52 Å². The first-order valence-electron chi connectivity index (χ1n) is 5.78. The summed E-state index contributed by atoms with van der Waals surface area (Å²) in [6, 6.07) is 7.97. The topological polar surface area (TPSA) is 51.8 Å². The number of hydrogen-bond acceptors (Lipinski definition) is 3. The minimum atomic E-state index is 0.474. The van der Waals surface area contributed by atoms with Crippen LogP contribution in [-0.2, 0) is 0 Å². The SMILES string of the molecule is C=Cc1cnc2c(N)nc3ccccc3c2c1C. The third kappa shape index (κ3) is 1.37. The van der Waals surface area contributed by atoms with Crippen molar-refractivity contribution < 1.29 is 0 Å². The van der Waals surface area contributed by atoms with Gasteiger partial charge in [-0.15, -0.1) is 0 Å². The summed E-state index contributed by atoms with van der Waals surface area (Å²) in [5, 5.41) is 2.14. The number of aryl methyl sites for hydroxylation is 1. The van der Waals surface area contributed by atoms with Gasteiger partial charge in [-0.05, 0) is 24.1 Å². The van der Waals surface area contributed by atoms with E-state index in [0.29, 0.717) is 5.82 Å². The van der Waals surface area contributed by atoms with Crippen molar-refractivity contribution in [3.05, 3.63) is 48.2 Å². The van der Waals surface area contributed by atoms with E-state index in [1.165, 1.54) is 0 Å². The number of aromatic nitrogens is 2. The molecule has 0 amide bonds. The van der Waals surface area contributed by atoms with Gasteiger partial charge in [-0.25, -0.2) is 4.98 Å². The predicted molar refractivity (Wildman–Crippen MR) is 76.3 cm³/mol. The molecule has 3 heteroatoms. The number of nitrogens with zero attached hydrogens (tertiary/aromatic N) is 2. The van der Waals surface area contributed by atoms with Crippen molar-refractivity contribution >= 4 is 33.7 Å². The summed E-state index contributed by atoms with van der Waals surface area (Å²) in [4.78, 5) is 8.79. The Hall–Kier alpha value is -2.42. The Morgan fingerprint density at radius 2 is 2.06 bits per heavy atom. The number of anilines is 1. The standard InChI is InChI=1S/C15H13N3/c1-3-10-8-17-14-13(9(10)2)11-6-4-5-7-12(11)18-15(14)16/h3-8H,1H2,2H3,(H2,16,18). The van der Waals surface area contributed by atoms with Crippen molar-refractivity contribution in [3.8, 4) is 0 Å². The number of benzene rings is 1. The van der Waals surface area contributed by atoms with E-state index >= 15 is 0 Å². The zero-order chi connectivity index (χ0) is 12.7. The van der Waals surface area contributed by atoms with E-state index in [-0.39, 0.29) is 0 Å². The van der Waals surface area contributed by atoms with Crippen LogP contribution in [0.5, 0.6) is 0 Å². The van der Waals surface area contributed by atoms with E-state index in [4.69, 9.17) is 5.73 Å². The van der Waals surface area contributed by atoms with Gasteiger partial charge in [0.15, 0.2) is 5.82 Å². The fourth-order valence-electron chi connectivity index (χ4n) is 2.31. The molecule has 0 saturated heterocycles. The maximum Gasteiger partial charge on any atom is 0.150 e. The molecule has 0 fully saturated rings. The smallest absolute Gasteiger partial charge is 0.150 e. The Bertz CT molecular complexity index is 775. The Balaban J connectivity index is 2.63. The average Bonchev–Trinajstić information content (AvgIpc) is 2.39. The number of nitrogens with two attached hydrogens (primary N) is 1. The minimum Gasteiger partial charge on any atom is -0.382 e. The zero-order valence-corrected chi connectivity index (χ0v) is 10.1. The Morgan fingerprint density at radius 3 is 2.83 bits per heavy atom. The number of fused-ring (bicyclic) bond motifs is 3. The molecule has 1 aromatic carbocycles. The van der Waals surface area contributed by atoms with Crippen LogP contribution in [0.25, 0.3) is 27.9 Å². The highest BCUT2D eigenvalue weighted by atomic mass is 14.9. The summed E-state index contributed by atoms with van der Waals surface area (Å²) in [5.74, 6) is 0.474. The van der Waals surface area contributed by atoms with E-state index in [0.717, 1.165) is 32.9 Å². The minimum absolute atomic E-state index is 0.474. The van der Waals surface area contributed by atoms with Gasteiger partial charge in [-0.1, -0.05) is 30.9 Å². The second-order valence-corrected chi connectivity index (χ2v) is 4.28. The van der Waals surface area contributed by atoms with Crippen LogP contribution in [0.4, 0.5) is 5.82 Å². The van der Waals surface area contributed by atoms with Crippen molar-refractivity contribution in [2.24, 2.45) is 0 Å². The summed E-state index contributed by atoms with van der Waals surface area (Å²) in [6.45, 7) is 5.88. The molecule has 0 spiro atoms. The Kier molecular flexibility index (Phi) is 2.27. The zero-order valence-electron chi connectivity index (χ0n) is 10.1. The quantitative estimate of drug-likeness (QED) is 0.658. The molecule has 0 unspecified atom stereocenters. The average molecular weight is 235 g/mol. The third-order valence-electron chi connectivity index (χ3n) is 3.25. The molecule has 2 heterocycles. The molecule has 2 N–H and O–H groups in total. The molecule has 18 heavy (non-hydrogen) atoms. The highest BCUT2D eigenvalue weighted by molar-refractivity contribution is 6.10. The van der Waals surface area contributed by atoms with E-state index in [9.17, 15) is 0 Å². The third-order valence-corrected chi connectivity index (χ3v) is 3.25. The number of pyridine rings is 2. The fraction of sp³-hybridized carbons (Fsp3) is 0.0667. The first kappa shape index (κ1) is 10.7. The Morgan fingerprint density at radius 1 is 1.28 bits per heavy atom. The van der Waals surface area contributed by atoms with E-state index in [1.807, 2.05) is 30.3 Å². The maximum absolute atomic E-state index is 5.98. The first-order chi connectivity index (χ1) is 8.72. The summed E-state index contributed by atoms with van der Waals surface area (Å²) in [7, 11) is 0. The molecule has 3 aromatic rings. The summed E-state index contributed by atoms with van der Waals surface area (Å²) < 4.78 is 0. The summed E-state index contributed by atoms with van der Waals surface area (Å²) in [5.41, 5.74) is 9.81. The molecule has 0 aliphatic rings. The molecule has 0 aliphatic carbocycles. The van der Waals surface area contributed by atoms with Gasteiger partial charge in [0.1, 0.15) is 5.52 Å². The number of nitrogen functional groups attached to an aromatic ring is 1. The summed E-state index contributed by atoms with van der Waals surface area (Å²) in [6.07, 6.45) is 3.60. The number of para-hydroxylation sites is 1. The van der Waals surface area contributed by atoms with Crippen molar-refractivity contribution in [2.75, 3.05) is 5.73 Å². The van der Waals surface area contributed by atoms with E-state index < -0.39 is 0 Å². The van der Waals surface area contributed by atoms with Crippen molar-refractivity contribution in [3.63, 3.8) is 0 Å². The lowest BCUT2D eigenvalue weighted by Crippen LogP contribution is -1.98. The molecular formula is C15H13N3. The van der Waals surface area contributed by atoms with E-state index in [1.54, 1.807) is 6.20 Å². The summed E-state index contributed by atoms with van der Waals surface area (Å²) >= 11 is 0. The van der Waals surface area contributed by atoms with Gasteiger partial charge in [0.2, 0.25) is 0 Å². The number of rotatable bonds is 1. The van der Waals surface area contributed by atoms with Gasteiger partial charge >= 0.3 is 0 Å². The molecule has 3 nitrogen and oxygen atoms in total. The van der Waals surface area contributed by atoms with Gasteiger partial charge < -0.3 is 5.73 Å². The lowest BCUT2D eigenvalue weighted by atomic mass is 10.0. The Labute approximate surface area is 105 Å². The molecule has 0 radical (unpaired) electrons. The molecule has 88 valence electrons. The number of hydrogen-bond donors (Lipinski definition) is 1. The van der Waals surface area contributed by atoms with Gasteiger partial charge in [-0.2, -0.15) is 0 Å². The lowest BCUT2D eigenvalue weighted by Gasteiger charge is -2.10. The lowest BCUT2D eigenvalue weighted by molar-refractivity contribution is 1.32. The van der Waals surface area contributed by atoms with Crippen LogP contribution in [0.15, 0.2) is 37.0 Å². The van der Waals surface area contributed by atoms with Crippen molar-refractivity contribution in [1.82, 2.24) is 9.97 Å². The van der Waals surface area contributed by atoms with Crippen LogP contribution >= 0.6 is 0 Å². The molecule has 0 atom stereocenters. The molecule has 3 rings (SSSR count). The van der Waals surface area contributed by atoms with Gasteiger partial charge in [-0.3, -0.25) is 4.98 Å². The monoisotopic (exact) mass is 235 g/mol. The molecular weight excluding hydrogens is 222 g/mol. The van der Waals surface area contributed by atoms with Crippen molar-refractivity contribution in [2.45, 2.75) is 6.92 Å². The highest BCUT2D eigenvalue weighted by Crippen LogP contribution is 2.30. The van der Waals surface area contributed by atoms with Crippen molar-refractivity contribution in [1.29, 1.82) is 0 Å². The fourth-order valence-corrected chi connectivity index (χ4v) is 2.31. The normalized spacial score (nSPS) is 10.9. The molecule has 0 aliphatic heterocycles. The molecule has 0 saturated carbocycles. The van der Waals surface area contributed by atoms with Gasteiger partial charge in [0.25, 0.3) is 0 Å². The van der Waals surface area contributed by atoms with Crippen LogP contribution in [0.3, 0.4) is 0 Å². The maximum atomic E-state index is 5.98. The molecule has 0 bridgehead atoms. The van der Waals surface area contributed by atoms with Crippen LogP contribution in [0, 0.1) is 6.92 Å². The van der Waals surface area contributed by atoms with Gasteiger partial charge in [0, 0.05) is 17.0 Å². The molecule has 2 aromatic heterocycles. The van der Waals surface area contributed by atoms with Crippen LogP contribution in [0.1, 0.15) is 11.1 Å². The van der Waals surface area contributed by atoms with Crippen LogP contribution < -0.4 is 5.73 Å². The largest absolute Gasteiger partial charge is 0.382 e. The van der Waals surface area contributed by atoms with Crippen LogP contribution in [-0.4, -0.2) is 9.97 Å². The van der Waals surface area contributed by atoms with Crippen LogP contribution in [0.2, 0.25) is 0 Å². The second kappa shape index (κ2) is 3.81. The predicted octanol–water partition coefficient (Wildman–Crippen LogP) is 3.32.